The molecular weight excluding hydrogens is 447 g/mol. The Bertz CT molecular complexity index is 1230. The van der Waals surface area contributed by atoms with Gasteiger partial charge < -0.3 is 9.84 Å². The number of nitrogens with zero attached hydrogens (tertiary/aromatic N) is 2. The lowest BCUT2D eigenvalue weighted by Gasteiger charge is -2.22. The Kier molecular flexibility index (Phi) is 6.99. The highest BCUT2D eigenvalue weighted by atomic mass is 32.2. The molecule has 0 aliphatic rings. The van der Waals surface area contributed by atoms with Crippen LogP contribution in [0.5, 0.6) is 0 Å². The fourth-order valence-electron chi connectivity index (χ4n) is 2.95. The van der Waals surface area contributed by atoms with Crippen molar-refractivity contribution in [3.8, 4) is 11.4 Å². The molecule has 0 saturated carbocycles. The molecule has 0 aliphatic heterocycles. The predicted octanol–water partition coefficient (Wildman–Crippen LogP) is 4.11. The van der Waals surface area contributed by atoms with Gasteiger partial charge in [-0.1, -0.05) is 51.9 Å². The van der Waals surface area contributed by atoms with Crippen molar-refractivity contribution in [1.29, 1.82) is 0 Å². The van der Waals surface area contributed by atoms with Crippen molar-refractivity contribution in [3.05, 3.63) is 60.2 Å². The third kappa shape index (κ3) is 5.82. The number of rotatable bonds is 7. The number of benzene rings is 2. The van der Waals surface area contributed by atoms with E-state index in [0.717, 1.165) is 12.1 Å². The van der Waals surface area contributed by atoms with E-state index in [1.807, 2.05) is 20.8 Å². The van der Waals surface area contributed by atoms with E-state index in [4.69, 9.17) is 4.52 Å². The SMILES string of the molecule is CC(C)[C@H](NS(=O)(=O)c1ccccc1F)C(=O)Nc1ccc(-c2noc(C(C)(C)C)n2)cc1. The Morgan fingerprint density at radius 1 is 1.06 bits per heavy atom. The van der Waals surface area contributed by atoms with Gasteiger partial charge in [0.2, 0.25) is 27.6 Å². The number of hydrogen-bond donors (Lipinski definition) is 2. The minimum Gasteiger partial charge on any atom is -0.338 e. The first kappa shape index (κ1) is 24.5. The van der Waals surface area contributed by atoms with Gasteiger partial charge in [0.25, 0.3) is 0 Å². The van der Waals surface area contributed by atoms with Crippen molar-refractivity contribution in [1.82, 2.24) is 14.9 Å². The van der Waals surface area contributed by atoms with Gasteiger partial charge in [0.15, 0.2) is 0 Å². The van der Waals surface area contributed by atoms with Crippen LogP contribution in [0.3, 0.4) is 0 Å². The van der Waals surface area contributed by atoms with Crippen LogP contribution in [0.15, 0.2) is 57.9 Å². The van der Waals surface area contributed by atoms with Gasteiger partial charge in [-0.2, -0.15) is 9.71 Å². The lowest BCUT2D eigenvalue weighted by molar-refractivity contribution is -0.118. The van der Waals surface area contributed by atoms with Crippen molar-refractivity contribution in [2.75, 3.05) is 5.32 Å². The molecule has 0 fully saturated rings. The fraction of sp³-hybridized carbons (Fsp3) is 0.348. The van der Waals surface area contributed by atoms with Crippen LogP contribution in [-0.2, 0) is 20.2 Å². The number of anilines is 1. The second-order valence-electron chi connectivity index (χ2n) is 9.01. The zero-order valence-corrected chi connectivity index (χ0v) is 19.9. The van der Waals surface area contributed by atoms with Crippen molar-refractivity contribution >= 4 is 21.6 Å². The maximum Gasteiger partial charge on any atom is 0.244 e. The lowest BCUT2D eigenvalue weighted by Crippen LogP contribution is -2.47. The van der Waals surface area contributed by atoms with E-state index < -0.39 is 32.7 Å². The maximum absolute atomic E-state index is 14.0. The molecule has 2 N–H and O–H groups in total. The minimum atomic E-state index is -4.24. The molecular formula is C23H27FN4O4S. The molecule has 0 aliphatic carbocycles. The van der Waals surface area contributed by atoms with Crippen LogP contribution in [0.1, 0.15) is 40.5 Å². The standard InChI is InChI=1S/C23H27FN4O4S/c1-14(2)19(28-33(30,31)18-9-7-6-8-17(18)24)21(29)25-16-12-10-15(11-13-16)20-26-22(32-27-20)23(3,4)5/h6-14,19,28H,1-5H3,(H,25,29)/t19-/m0/s1. The number of amides is 1. The van der Waals surface area contributed by atoms with Crippen molar-refractivity contribution in [2.45, 2.75) is 51.0 Å². The van der Waals surface area contributed by atoms with E-state index in [0.29, 0.717) is 23.0 Å². The number of carbonyl (C=O) groups is 1. The first-order chi connectivity index (χ1) is 15.4. The number of halogens is 1. The normalized spacial score (nSPS) is 13.2. The Balaban J connectivity index is 1.74. The Hall–Kier alpha value is -3.11. The first-order valence-corrected chi connectivity index (χ1v) is 11.9. The predicted molar refractivity (Wildman–Crippen MR) is 122 cm³/mol. The van der Waals surface area contributed by atoms with Crippen molar-refractivity contribution in [2.24, 2.45) is 5.92 Å². The molecule has 2 aromatic carbocycles. The number of hydrogen-bond acceptors (Lipinski definition) is 6. The lowest BCUT2D eigenvalue weighted by atomic mass is 9.97. The molecule has 0 unspecified atom stereocenters. The Morgan fingerprint density at radius 2 is 1.70 bits per heavy atom. The topological polar surface area (TPSA) is 114 Å². The number of carbonyl (C=O) groups excluding carboxylic acids is 1. The molecule has 0 saturated heterocycles. The van der Waals surface area contributed by atoms with Gasteiger partial charge >= 0.3 is 0 Å². The zero-order chi connectivity index (χ0) is 24.4. The van der Waals surface area contributed by atoms with Gasteiger partial charge in [-0.25, -0.2) is 12.8 Å². The van der Waals surface area contributed by atoms with Gasteiger partial charge in [0.1, 0.15) is 16.8 Å². The van der Waals surface area contributed by atoms with E-state index >= 15 is 0 Å². The van der Waals surface area contributed by atoms with Crippen LogP contribution in [0.2, 0.25) is 0 Å². The third-order valence-corrected chi connectivity index (χ3v) is 6.31. The molecule has 8 nitrogen and oxygen atoms in total. The molecule has 3 aromatic rings. The summed E-state index contributed by atoms with van der Waals surface area (Å²) in [7, 11) is -4.24. The molecule has 10 heteroatoms. The number of sulfonamides is 1. The molecule has 1 amide bonds. The van der Waals surface area contributed by atoms with Gasteiger partial charge in [-0.3, -0.25) is 4.79 Å². The van der Waals surface area contributed by atoms with Crippen LogP contribution in [0, 0.1) is 11.7 Å². The monoisotopic (exact) mass is 474 g/mol. The summed E-state index contributed by atoms with van der Waals surface area (Å²) in [4.78, 5) is 16.7. The smallest absolute Gasteiger partial charge is 0.244 e. The average molecular weight is 475 g/mol. The summed E-state index contributed by atoms with van der Waals surface area (Å²) in [6, 6.07) is 10.7. The molecule has 1 heterocycles. The number of nitrogens with one attached hydrogen (secondary N) is 2. The van der Waals surface area contributed by atoms with E-state index in [1.165, 1.54) is 12.1 Å². The fourth-order valence-corrected chi connectivity index (χ4v) is 4.38. The second-order valence-corrected chi connectivity index (χ2v) is 10.7. The molecule has 1 aromatic heterocycles. The molecule has 0 bridgehead atoms. The van der Waals surface area contributed by atoms with Gasteiger partial charge in [-0.15, -0.1) is 0 Å². The number of aromatic nitrogens is 2. The minimum absolute atomic E-state index is 0.277. The summed E-state index contributed by atoms with van der Waals surface area (Å²) < 4.78 is 46.9. The first-order valence-electron chi connectivity index (χ1n) is 10.4. The van der Waals surface area contributed by atoms with Gasteiger partial charge in [0, 0.05) is 16.7 Å². The molecule has 176 valence electrons. The van der Waals surface area contributed by atoms with Crippen molar-refractivity contribution < 1.29 is 22.1 Å². The van der Waals surface area contributed by atoms with Crippen LogP contribution in [0.25, 0.3) is 11.4 Å². The van der Waals surface area contributed by atoms with Crippen LogP contribution in [-0.4, -0.2) is 30.5 Å². The largest absolute Gasteiger partial charge is 0.338 e. The highest BCUT2D eigenvalue weighted by Gasteiger charge is 2.30. The van der Waals surface area contributed by atoms with Crippen LogP contribution in [0.4, 0.5) is 10.1 Å². The van der Waals surface area contributed by atoms with Crippen LogP contribution >= 0.6 is 0 Å². The summed E-state index contributed by atoms with van der Waals surface area (Å²) in [6.07, 6.45) is 0. The second kappa shape index (κ2) is 9.40. The van der Waals surface area contributed by atoms with E-state index in [9.17, 15) is 17.6 Å². The molecule has 33 heavy (non-hydrogen) atoms. The summed E-state index contributed by atoms with van der Waals surface area (Å²) >= 11 is 0. The van der Waals surface area contributed by atoms with Gasteiger partial charge in [0.05, 0.1) is 0 Å². The molecule has 1 atom stereocenters. The summed E-state index contributed by atoms with van der Waals surface area (Å²) in [5, 5.41) is 6.69. The summed E-state index contributed by atoms with van der Waals surface area (Å²) in [6.45, 7) is 9.29. The third-order valence-electron chi connectivity index (χ3n) is 4.84. The maximum atomic E-state index is 14.0. The Labute approximate surface area is 192 Å². The van der Waals surface area contributed by atoms with E-state index in [2.05, 4.69) is 20.2 Å². The average Bonchev–Trinajstić information content (AvgIpc) is 3.23. The molecule has 0 spiro atoms. The molecule has 3 rings (SSSR count). The highest BCUT2D eigenvalue weighted by Crippen LogP contribution is 2.25. The Morgan fingerprint density at radius 3 is 2.24 bits per heavy atom. The van der Waals surface area contributed by atoms with Gasteiger partial charge in [-0.05, 0) is 42.3 Å². The molecule has 0 radical (unpaired) electrons. The quantitative estimate of drug-likeness (QED) is 0.533. The summed E-state index contributed by atoms with van der Waals surface area (Å²) in [5.74, 6) is -0.903. The highest BCUT2D eigenvalue weighted by molar-refractivity contribution is 7.89. The zero-order valence-electron chi connectivity index (χ0n) is 19.1. The van der Waals surface area contributed by atoms with E-state index in [-0.39, 0.29) is 11.3 Å². The van der Waals surface area contributed by atoms with Crippen LogP contribution < -0.4 is 10.0 Å². The van der Waals surface area contributed by atoms with E-state index in [1.54, 1.807) is 38.1 Å². The van der Waals surface area contributed by atoms with Crippen molar-refractivity contribution in [3.63, 3.8) is 0 Å². The summed E-state index contributed by atoms with van der Waals surface area (Å²) in [5.41, 5.74) is 0.882.